The van der Waals surface area contributed by atoms with Crippen molar-refractivity contribution in [3.8, 4) is 0 Å². The largest absolute Gasteiger partial charge is 0.416 e. The quantitative estimate of drug-likeness (QED) is 0.209. The van der Waals surface area contributed by atoms with Gasteiger partial charge in [0.15, 0.2) is 0 Å². The molecule has 0 aliphatic heterocycles. The smallest absolute Gasteiger partial charge is 0.207 e. The van der Waals surface area contributed by atoms with Gasteiger partial charge in [0, 0.05) is 6.07 Å². The summed E-state index contributed by atoms with van der Waals surface area (Å²) in [5, 5.41) is 0. The summed E-state index contributed by atoms with van der Waals surface area (Å²) in [6.45, 7) is 9.57. The standard InChI is InChI=1S/C8H7F3.C8H10.C7H6F2.C7H7F/c1-6-2-4-7(5-3-6)8(9,10)11;1-7-5-3-4-6-8(7)2;1-5-2-6(8)4-7(9)3-5;1-6-2-4-7(8)5-3-6/h2-5H,1H3;3-6H,1-2H3;2-4H,1H3;2-5H,1H3. The Morgan fingerprint density at radius 3 is 1.14 bits per heavy atom. The van der Waals surface area contributed by atoms with Gasteiger partial charge in [-0.15, -0.1) is 0 Å². The fourth-order valence-corrected chi connectivity index (χ4v) is 2.63. The minimum absolute atomic E-state index is 0.171. The molecule has 0 radical (unpaired) electrons. The molecule has 36 heavy (non-hydrogen) atoms. The Balaban J connectivity index is 0.000000242. The molecule has 0 aliphatic rings. The van der Waals surface area contributed by atoms with Crippen molar-refractivity contribution in [3.05, 3.63) is 142 Å². The summed E-state index contributed by atoms with van der Waals surface area (Å²) in [4.78, 5) is 0. The highest BCUT2D eigenvalue weighted by molar-refractivity contribution is 5.24. The van der Waals surface area contributed by atoms with Gasteiger partial charge in [0.25, 0.3) is 0 Å². The van der Waals surface area contributed by atoms with Crippen LogP contribution in [-0.4, -0.2) is 0 Å². The van der Waals surface area contributed by atoms with Crippen molar-refractivity contribution < 1.29 is 26.3 Å². The lowest BCUT2D eigenvalue weighted by atomic mass is 10.1. The number of benzene rings is 4. The van der Waals surface area contributed by atoms with Crippen molar-refractivity contribution in [1.82, 2.24) is 0 Å². The Labute approximate surface area is 209 Å². The highest BCUT2D eigenvalue weighted by atomic mass is 19.4. The molecule has 4 aromatic carbocycles. The van der Waals surface area contributed by atoms with Gasteiger partial charge in [-0.1, -0.05) is 59.7 Å². The molecular weight excluding hydrogens is 474 g/mol. The van der Waals surface area contributed by atoms with Gasteiger partial charge in [-0.05, 0) is 87.7 Å². The zero-order valence-electron chi connectivity index (χ0n) is 20.9. The van der Waals surface area contributed by atoms with E-state index >= 15 is 0 Å². The maximum Gasteiger partial charge on any atom is 0.416 e. The molecule has 0 amide bonds. The van der Waals surface area contributed by atoms with Crippen molar-refractivity contribution in [3.63, 3.8) is 0 Å². The van der Waals surface area contributed by atoms with Gasteiger partial charge in [-0.3, -0.25) is 0 Å². The van der Waals surface area contributed by atoms with Crippen molar-refractivity contribution >= 4 is 0 Å². The maximum atomic E-state index is 12.2. The summed E-state index contributed by atoms with van der Waals surface area (Å²) < 4.78 is 72.2. The van der Waals surface area contributed by atoms with Crippen LogP contribution in [0.4, 0.5) is 26.3 Å². The molecule has 0 aliphatic carbocycles. The SMILES string of the molecule is Cc1cc(F)cc(F)c1.Cc1ccc(C(F)(F)F)cc1.Cc1ccc(F)cc1.Cc1ccccc1C. The van der Waals surface area contributed by atoms with Gasteiger partial charge in [0.2, 0.25) is 0 Å². The van der Waals surface area contributed by atoms with Gasteiger partial charge < -0.3 is 0 Å². The zero-order chi connectivity index (χ0) is 27.3. The van der Waals surface area contributed by atoms with Gasteiger partial charge in [0.05, 0.1) is 5.56 Å². The second-order valence-corrected chi connectivity index (χ2v) is 8.19. The van der Waals surface area contributed by atoms with E-state index in [0.717, 1.165) is 29.3 Å². The number of aryl methyl sites for hydroxylation is 5. The van der Waals surface area contributed by atoms with E-state index in [1.807, 2.05) is 6.92 Å². The summed E-state index contributed by atoms with van der Waals surface area (Å²) in [6.07, 6.45) is -4.21. The van der Waals surface area contributed by atoms with Crippen molar-refractivity contribution in [2.24, 2.45) is 0 Å². The molecule has 4 rings (SSSR count). The van der Waals surface area contributed by atoms with Crippen LogP contribution >= 0.6 is 0 Å². The van der Waals surface area contributed by atoms with E-state index in [1.54, 1.807) is 26.0 Å². The molecule has 0 bridgehead atoms. The number of hydrogen-bond donors (Lipinski definition) is 0. The summed E-state index contributed by atoms with van der Waals surface area (Å²) in [6, 6.07) is 23.2. The lowest BCUT2D eigenvalue weighted by Crippen LogP contribution is -2.03. The van der Waals surface area contributed by atoms with E-state index in [4.69, 9.17) is 0 Å². The predicted octanol–water partition coefficient (Wildman–Crippen LogP) is 9.72. The molecule has 0 unspecified atom stereocenters. The van der Waals surface area contributed by atoms with Crippen molar-refractivity contribution in [2.45, 2.75) is 40.8 Å². The molecule has 0 saturated heterocycles. The number of hydrogen-bond acceptors (Lipinski definition) is 0. The lowest BCUT2D eigenvalue weighted by molar-refractivity contribution is -0.137. The molecule has 0 aromatic heterocycles. The predicted molar refractivity (Wildman–Crippen MR) is 134 cm³/mol. The van der Waals surface area contributed by atoms with Crippen LogP contribution in [0.2, 0.25) is 0 Å². The van der Waals surface area contributed by atoms with Crippen molar-refractivity contribution in [2.75, 3.05) is 0 Å². The molecule has 6 heteroatoms. The average Bonchev–Trinajstić information content (AvgIpc) is 2.78. The molecule has 0 fully saturated rings. The van der Waals surface area contributed by atoms with Crippen LogP contribution in [0.25, 0.3) is 0 Å². The maximum absolute atomic E-state index is 12.2. The fourth-order valence-electron chi connectivity index (χ4n) is 2.63. The summed E-state index contributed by atoms with van der Waals surface area (Å²) in [5.74, 6) is -1.21. The van der Waals surface area contributed by atoms with Crippen molar-refractivity contribution in [1.29, 1.82) is 0 Å². The van der Waals surface area contributed by atoms with E-state index in [9.17, 15) is 26.3 Å². The summed E-state index contributed by atoms with van der Waals surface area (Å²) in [5.41, 5.74) is 4.67. The van der Waals surface area contributed by atoms with Crippen LogP contribution in [0.5, 0.6) is 0 Å². The third-order valence-corrected chi connectivity index (χ3v) is 4.82. The topological polar surface area (TPSA) is 0 Å². The van der Waals surface area contributed by atoms with E-state index in [-0.39, 0.29) is 5.82 Å². The number of halogens is 6. The van der Waals surface area contributed by atoms with Crippen LogP contribution in [0, 0.1) is 52.1 Å². The van der Waals surface area contributed by atoms with Crippen LogP contribution in [0.15, 0.2) is 91.0 Å². The fraction of sp³-hybridized carbons (Fsp3) is 0.200. The van der Waals surface area contributed by atoms with Crippen LogP contribution in [0.3, 0.4) is 0 Å². The zero-order valence-corrected chi connectivity index (χ0v) is 20.9. The van der Waals surface area contributed by atoms with Crippen LogP contribution in [-0.2, 0) is 6.18 Å². The first-order valence-electron chi connectivity index (χ1n) is 11.1. The van der Waals surface area contributed by atoms with Gasteiger partial charge in [0.1, 0.15) is 17.5 Å². The first-order valence-corrected chi connectivity index (χ1v) is 11.1. The molecule has 0 N–H and O–H groups in total. The Morgan fingerprint density at radius 2 is 0.833 bits per heavy atom. The minimum atomic E-state index is -4.21. The molecule has 0 atom stereocenters. The Hall–Kier alpha value is -3.54. The Bertz CT molecular complexity index is 1080. The Morgan fingerprint density at radius 1 is 0.444 bits per heavy atom. The second-order valence-electron chi connectivity index (χ2n) is 8.19. The second kappa shape index (κ2) is 14.8. The number of rotatable bonds is 0. The summed E-state index contributed by atoms with van der Waals surface area (Å²) in [7, 11) is 0. The normalized spacial score (nSPS) is 10.1. The first kappa shape index (κ1) is 30.5. The van der Waals surface area contributed by atoms with Crippen LogP contribution < -0.4 is 0 Å². The van der Waals surface area contributed by atoms with E-state index in [0.29, 0.717) is 5.56 Å². The molecular formula is C30H30F6. The molecule has 0 heterocycles. The molecule has 0 spiro atoms. The minimum Gasteiger partial charge on any atom is -0.207 e. The molecule has 0 saturated carbocycles. The highest BCUT2D eigenvalue weighted by Crippen LogP contribution is 2.28. The monoisotopic (exact) mass is 504 g/mol. The number of alkyl halides is 3. The molecule has 192 valence electrons. The third-order valence-electron chi connectivity index (χ3n) is 4.82. The van der Waals surface area contributed by atoms with E-state index in [2.05, 4.69) is 38.1 Å². The van der Waals surface area contributed by atoms with E-state index in [1.165, 1.54) is 47.5 Å². The lowest BCUT2D eigenvalue weighted by Gasteiger charge is -2.05. The highest BCUT2D eigenvalue weighted by Gasteiger charge is 2.29. The van der Waals surface area contributed by atoms with Gasteiger partial charge >= 0.3 is 6.18 Å². The van der Waals surface area contributed by atoms with Gasteiger partial charge in [-0.25, -0.2) is 13.2 Å². The summed E-state index contributed by atoms with van der Waals surface area (Å²) >= 11 is 0. The third kappa shape index (κ3) is 12.8. The first-order chi connectivity index (χ1) is 16.8. The van der Waals surface area contributed by atoms with Gasteiger partial charge in [-0.2, -0.15) is 13.2 Å². The average molecular weight is 505 g/mol. The van der Waals surface area contributed by atoms with E-state index < -0.39 is 23.4 Å². The molecule has 0 nitrogen and oxygen atoms in total. The molecule has 4 aromatic rings. The van der Waals surface area contributed by atoms with Crippen LogP contribution in [0.1, 0.15) is 33.4 Å². The Kier molecular flexibility index (Phi) is 12.5.